The van der Waals surface area contributed by atoms with Crippen LogP contribution in [0.25, 0.3) is 66.2 Å². The molecule has 2 heteroatoms. The minimum atomic E-state index is -0.219. The molecule has 8 aromatic carbocycles. The molecule has 0 saturated heterocycles. The van der Waals surface area contributed by atoms with Crippen LogP contribution in [0.4, 0.5) is 17.1 Å². The van der Waals surface area contributed by atoms with Gasteiger partial charge in [0.1, 0.15) is 0 Å². The third kappa shape index (κ3) is 5.22. The lowest BCUT2D eigenvalue weighted by molar-refractivity contribution is 0.660. The molecular weight excluding hydrogens is 653 g/mol. The molecule has 0 saturated carbocycles. The Hall–Kier alpha value is -6.77. The van der Waals surface area contributed by atoms with Crippen molar-refractivity contribution in [1.29, 1.82) is 0 Å². The molecule has 0 bridgehead atoms. The van der Waals surface area contributed by atoms with Gasteiger partial charge in [-0.3, -0.25) is 4.98 Å². The SMILES string of the molecule is CC1(C)c2cc(-c3cccc4ccc5cccnc5c34)ccc2-c2ccc(N(c3ccc(-c4ccccc4)cc3)c3ccccc3-c3ccccc3)cc21. The molecule has 1 aliphatic rings. The van der Waals surface area contributed by atoms with Gasteiger partial charge in [-0.2, -0.15) is 0 Å². The molecule has 0 atom stereocenters. The van der Waals surface area contributed by atoms with Gasteiger partial charge in [-0.25, -0.2) is 0 Å². The number of fused-ring (bicyclic) bond motifs is 6. The van der Waals surface area contributed by atoms with E-state index in [0.717, 1.165) is 28.0 Å². The summed E-state index contributed by atoms with van der Waals surface area (Å²) in [7, 11) is 0. The van der Waals surface area contributed by atoms with Gasteiger partial charge in [0.2, 0.25) is 0 Å². The molecule has 1 heterocycles. The molecule has 0 unspecified atom stereocenters. The molecule has 10 rings (SSSR count). The van der Waals surface area contributed by atoms with E-state index in [1.165, 1.54) is 66.4 Å². The number of nitrogens with zero attached hydrogens (tertiary/aromatic N) is 2. The van der Waals surface area contributed by atoms with E-state index in [-0.39, 0.29) is 5.41 Å². The smallest absolute Gasteiger partial charge is 0.0786 e. The molecular formula is C52H38N2. The van der Waals surface area contributed by atoms with Crippen molar-refractivity contribution in [2.45, 2.75) is 19.3 Å². The van der Waals surface area contributed by atoms with Crippen molar-refractivity contribution in [3.63, 3.8) is 0 Å². The van der Waals surface area contributed by atoms with Crippen molar-refractivity contribution in [2.24, 2.45) is 0 Å². The highest BCUT2D eigenvalue weighted by Crippen LogP contribution is 2.52. The van der Waals surface area contributed by atoms with E-state index in [0.29, 0.717) is 0 Å². The Morgan fingerprint density at radius 1 is 0.407 bits per heavy atom. The van der Waals surface area contributed by atoms with Crippen LogP contribution in [-0.4, -0.2) is 4.98 Å². The minimum absolute atomic E-state index is 0.219. The van der Waals surface area contributed by atoms with Crippen LogP contribution in [0.2, 0.25) is 0 Å². The molecule has 1 aliphatic carbocycles. The van der Waals surface area contributed by atoms with E-state index in [1.807, 2.05) is 12.3 Å². The fourth-order valence-electron chi connectivity index (χ4n) is 8.58. The second-order valence-corrected chi connectivity index (χ2v) is 14.8. The number of rotatable bonds is 6. The maximum absolute atomic E-state index is 4.85. The van der Waals surface area contributed by atoms with Crippen LogP contribution in [0, 0.1) is 0 Å². The first-order chi connectivity index (χ1) is 26.5. The molecule has 0 amide bonds. The normalized spacial score (nSPS) is 12.8. The molecule has 1 aromatic heterocycles. The minimum Gasteiger partial charge on any atom is -0.310 e. The summed E-state index contributed by atoms with van der Waals surface area (Å²) in [5, 5.41) is 3.57. The number of para-hydroxylation sites is 1. The van der Waals surface area contributed by atoms with E-state index in [4.69, 9.17) is 4.98 Å². The maximum atomic E-state index is 4.85. The first-order valence-electron chi connectivity index (χ1n) is 18.7. The van der Waals surface area contributed by atoms with Crippen molar-refractivity contribution < 1.29 is 0 Å². The summed E-state index contributed by atoms with van der Waals surface area (Å²) >= 11 is 0. The van der Waals surface area contributed by atoms with Crippen molar-refractivity contribution >= 4 is 38.7 Å². The summed E-state index contributed by atoms with van der Waals surface area (Å²) < 4.78 is 0. The Bertz CT molecular complexity index is 2840. The van der Waals surface area contributed by atoms with Gasteiger partial charge in [0.05, 0.1) is 11.2 Å². The lowest BCUT2D eigenvalue weighted by atomic mass is 9.81. The molecule has 0 fully saturated rings. The molecule has 0 aliphatic heterocycles. The summed E-state index contributed by atoms with van der Waals surface area (Å²) in [6.07, 6.45) is 1.90. The van der Waals surface area contributed by atoms with Crippen LogP contribution in [0.5, 0.6) is 0 Å². The summed E-state index contributed by atoms with van der Waals surface area (Å²) in [6, 6.07) is 68.3. The highest BCUT2D eigenvalue weighted by atomic mass is 15.1. The summed E-state index contributed by atoms with van der Waals surface area (Å²) in [5.41, 5.74) is 16.7. The van der Waals surface area contributed by atoms with E-state index in [9.17, 15) is 0 Å². The van der Waals surface area contributed by atoms with Gasteiger partial charge in [0.25, 0.3) is 0 Å². The third-order valence-corrected chi connectivity index (χ3v) is 11.3. The molecule has 0 N–H and O–H groups in total. The number of pyridine rings is 1. The molecule has 0 spiro atoms. The van der Waals surface area contributed by atoms with Gasteiger partial charge < -0.3 is 4.90 Å². The predicted octanol–water partition coefficient (Wildman–Crippen LogP) is 14.2. The topological polar surface area (TPSA) is 16.1 Å². The Kier molecular flexibility index (Phi) is 7.52. The zero-order chi connectivity index (χ0) is 36.2. The van der Waals surface area contributed by atoms with Crippen LogP contribution >= 0.6 is 0 Å². The average molecular weight is 691 g/mol. The average Bonchev–Trinajstić information content (AvgIpc) is 3.46. The van der Waals surface area contributed by atoms with Gasteiger partial charge in [-0.15, -0.1) is 0 Å². The van der Waals surface area contributed by atoms with E-state index in [1.54, 1.807) is 0 Å². The zero-order valence-electron chi connectivity index (χ0n) is 30.4. The molecule has 54 heavy (non-hydrogen) atoms. The van der Waals surface area contributed by atoms with Crippen LogP contribution in [0.15, 0.2) is 194 Å². The Labute approximate surface area is 316 Å². The Morgan fingerprint density at radius 2 is 1.00 bits per heavy atom. The van der Waals surface area contributed by atoms with Crippen LogP contribution < -0.4 is 4.90 Å². The third-order valence-electron chi connectivity index (χ3n) is 11.3. The first kappa shape index (κ1) is 31.9. The second kappa shape index (κ2) is 12.7. The van der Waals surface area contributed by atoms with Gasteiger partial charge in [0.15, 0.2) is 0 Å². The summed E-state index contributed by atoms with van der Waals surface area (Å²) in [5.74, 6) is 0. The van der Waals surface area contributed by atoms with Gasteiger partial charge in [0, 0.05) is 39.3 Å². The Balaban J connectivity index is 1.11. The number of hydrogen-bond acceptors (Lipinski definition) is 2. The van der Waals surface area contributed by atoms with Gasteiger partial charge in [-0.1, -0.05) is 159 Å². The first-order valence-corrected chi connectivity index (χ1v) is 18.7. The highest BCUT2D eigenvalue weighted by molar-refractivity contribution is 6.12. The lowest BCUT2D eigenvalue weighted by Crippen LogP contribution is -2.17. The molecule has 0 radical (unpaired) electrons. The zero-order valence-corrected chi connectivity index (χ0v) is 30.4. The molecule has 9 aromatic rings. The fourth-order valence-corrected chi connectivity index (χ4v) is 8.58. The summed E-state index contributed by atoms with van der Waals surface area (Å²) in [4.78, 5) is 7.27. The monoisotopic (exact) mass is 690 g/mol. The van der Waals surface area contributed by atoms with E-state index in [2.05, 4.69) is 201 Å². The fraction of sp³-hybridized carbons (Fsp3) is 0.0577. The number of benzene rings is 8. The van der Waals surface area contributed by atoms with Crippen molar-refractivity contribution in [3.05, 3.63) is 205 Å². The largest absolute Gasteiger partial charge is 0.310 e. The maximum Gasteiger partial charge on any atom is 0.0786 e. The number of aromatic nitrogens is 1. The van der Waals surface area contributed by atoms with Gasteiger partial charge >= 0.3 is 0 Å². The second-order valence-electron chi connectivity index (χ2n) is 14.8. The number of anilines is 3. The highest BCUT2D eigenvalue weighted by Gasteiger charge is 2.36. The molecule has 256 valence electrons. The summed E-state index contributed by atoms with van der Waals surface area (Å²) in [6.45, 7) is 4.75. The van der Waals surface area contributed by atoms with E-state index >= 15 is 0 Å². The number of hydrogen-bond donors (Lipinski definition) is 0. The Morgan fingerprint density at radius 3 is 1.80 bits per heavy atom. The predicted molar refractivity (Wildman–Crippen MR) is 228 cm³/mol. The molecule has 2 nitrogen and oxygen atoms in total. The van der Waals surface area contributed by atoms with Gasteiger partial charge in [-0.05, 0) is 97.9 Å². The standard InChI is InChI=1S/C52H38N2/c1-52(2)47-33-40(44-20-11-17-38-22-23-39-18-12-32-53-51(39)50(38)44)26-30-45(47)46-31-29-42(34-48(46)52)54(41-27-24-36(25-28-41)35-13-5-3-6-14-35)49-21-10-9-19-43(49)37-15-7-4-8-16-37/h3-34H,1-2H3. The van der Waals surface area contributed by atoms with Crippen LogP contribution in [-0.2, 0) is 5.41 Å². The van der Waals surface area contributed by atoms with Crippen LogP contribution in [0.1, 0.15) is 25.0 Å². The van der Waals surface area contributed by atoms with E-state index < -0.39 is 0 Å². The lowest BCUT2D eigenvalue weighted by Gasteiger charge is -2.30. The van der Waals surface area contributed by atoms with Crippen LogP contribution in [0.3, 0.4) is 0 Å². The van der Waals surface area contributed by atoms with Crippen molar-refractivity contribution in [2.75, 3.05) is 4.90 Å². The van der Waals surface area contributed by atoms with Crippen molar-refractivity contribution in [3.8, 4) is 44.5 Å². The quantitative estimate of drug-likeness (QED) is 0.161. The van der Waals surface area contributed by atoms with Crippen molar-refractivity contribution in [1.82, 2.24) is 4.98 Å².